The Balaban J connectivity index is 1.000. The van der Waals surface area contributed by atoms with Gasteiger partial charge in [0.2, 0.25) is 5.91 Å². The van der Waals surface area contributed by atoms with E-state index in [2.05, 4.69) is 54.0 Å². The van der Waals surface area contributed by atoms with Crippen LogP contribution in [0, 0.1) is 11.8 Å². The minimum absolute atomic E-state index is 0.0686. The first kappa shape index (κ1) is 33.1. The van der Waals surface area contributed by atoms with Gasteiger partial charge in [-0.3, -0.25) is 14.6 Å². The molecule has 46 heavy (non-hydrogen) atoms. The van der Waals surface area contributed by atoms with Crippen LogP contribution < -0.4 is 4.57 Å². The summed E-state index contributed by atoms with van der Waals surface area (Å²) in [7, 11) is 1.95. The molecule has 0 N–H and O–H groups in total. The molecule has 2 aliphatic heterocycles. The van der Waals surface area contributed by atoms with Crippen molar-refractivity contribution in [3.05, 3.63) is 90.8 Å². The summed E-state index contributed by atoms with van der Waals surface area (Å²) in [5.74, 6) is 0.981. The topological polar surface area (TPSA) is 79.0 Å². The molecule has 1 aromatic carbocycles. The van der Waals surface area contributed by atoms with Crippen LogP contribution in [0.5, 0.6) is 0 Å². The van der Waals surface area contributed by atoms with E-state index in [1.54, 1.807) is 6.21 Å². The number of pyridine rings is 2. The second-order valence-electron chi connectivity index (χ2n) is 12.7. The fourth-order valence-corrected chi connectivity index (χ4v) is 8.65. The molecule has 6 rings (SSSR count). The molecular weight excluding hydrogens is 734 g/mol. The Hall–Kier alpha value is -2.82. The maximum atomic E-state index is 13.4. The molecule has 1 atom stereocenters. The lowest BCUT2D eigenvalue weighted by Gasteiger charge is -2.38. The van der Waals surface area contributed by atoms with E-state index in [9.17, 15) is 9.59 Å². The minimum atomic E-state index is -0.0813. The molecule has 1 aliphatic carbocycles. The van der Waals surface area contributed by atoms with Gasteiger partial charge in [-0.25, -0.2) is 4.57 Å². The van der Waals surface area contributed by atoms with Crippen LogP contribution in [0.2, 0.25) is 5.02 Å². The number of benzene rings is 1. The number of oxime groups is 1. The molecular formula is C35H39Br2ClN5O3+. The molecule has 2 saturated heterocycles. The summed E-state index contributed by atoms with van der Waals surface area (Å²) in [4.78, 5) is 40.2. The summed E-state index contributed by atoms with van der Waals surface area (Å²) in [6, 6.07) is 10.2. The van der Waals surface area contributed by atoms with Crippen LogP contribution in [-0.4, -0.2) is 65.6 Å². The summed E-state index contributed by atoms with van der Waals surface area (Å²) in [6.45, 7) is 2.71. The molecule has 0 spiro atoms. The zero-order valence-electron chi connectivity index (χ0n) is 26.0. The molecule has 242 valence electrons. The third kappa shape index (κ3) is 7.82. The van der Waals surface area contributed by atoms with Crippen LogP contribution in [-0.2, 0) is 34.3 Å². The number of aromatic nitrogens is 2. The van der Waals surface area contributed by atoms with E-state index >= 15 is 0 Å². The van der Waals surface area contributed by atoms with Gasteiger partial charge in [-0.05, 0) is 101 Å². The van der Waals surface area contributed by atoms with Gasteiger partial charge in [0.1, 0.15) is 7.05 Å². The van der Waals surface area contributed by atoms with Crippen LogP contribution >= 0.6 is 43.5 Å². The lowest BCUT2D eigenvalue weighted by atomic mass is 9.76. The van der Waals surface area contributed by atoms with Crippen LogP contribution in [0.1, 0.15) is 66.0 Å². The van der Waals surface area contributed by atoms with Crippen molar-refractivity contribution in [2.45, 2.75) is 50.9 Å². The minimum Gasteiger partial charge on any atom is -0.386 e. The Morgan fingerprint density at radius 2 is 1.67 bits per heavy atom. The number of nitrogens with zero attached hydrogens (tertiary/aromatic N) is 5. The number of carbonyl (C=O) groups is 2. The van der Waals surface area contributed by atoms with E-state index in [4.69, 9.17) is 21.4 Å². The summed E-state index contributed by atoms with van der Waals surface area (Å²) in [5.41, 5.74) is 5.92. The standard InChI is InChI=1S/C35H39Br2ClN5O3/c1-41-10-4-24(5-11-41)20-40-46-22-32(45)43-12-6-23(7-13-43)16-31(44)42-14-8-25(9-15-42)34-33-26(18-29(38)19-30(33)37)2-3-27-17-28(36)21-39-35(27)34/h4-5,10-11,17-21,23,25,34H,2-3,6-9,12-16,22H2,1H3/q+1/b40-20-/t34-/m1/s1. The van der Waals surface area contributed by atoms with Crippen molar-refractivity contribution in [3.63, 3.8) is 0 Å². The Morgan fingerprint density at radius 3 is 2.41 bits per heavy atom. The van der Waals surface area contributed by atoms with Gasteiger partial charge in [0.05, 0.1) is 11.9 Å². The van der Waals surface area contributed by atoms with Gasteiger partial charge in [0.15, 0.2) is 19.0 Å². The van der Waals surface area contributed by atoms with Crippen molar-refractivity contribution in [3.8, 4) is 0 Å². The molecule has 0 saturated carbocycles. The zero-order chi connectivity index (χ0) is 32.2. The second-order valence-corrected chi connectivity index (χ2v) is 14.9. The lowest BCUT2D eigenvalue weighted by molar-refractivity contribution is -0.671. The number of hydrogen-bond acceptors (Lipinski definition) is 5. The third-order valence-corrected chi connectivity index (χ3v) is 11.0. The summed E-state index contributed by atoms with van der Waals surface area (Å²) in [5, 5.41) is 4.69. The highest BCUT2D eigenvalue weighted by Gasteiger charge is 2.37. The fourth-order valence-electron chi connectivity index (χ4n) is 7.16. The van der Waals surface area contributed by atoms with Crippen molar-refractivity contribution in [2.75, 3.05) is 32.8 Å². The highest BCUT2D eigenvalue weighted by Crippen LogP contribution is 2.46. The highest BCUT2D eigenvalue weighted by atomic mass is 79.9. The molecule has 2 aromatic heterocycles. The van der Waals surface area contributed by atoms with Crippen molar-refractivity contribution in [2.24, 2.45) is 24.0 Å². The summed E-state index contributed by atoms with van der Waals surface area (Å²) >= 11 is 14.0. The molecule has 0 radical (unpaired) electrons. The third-order valence-electron chi connectivity index (χ3n) is 9.68. The zero-order valence-corrected chi connectivity index (χ0v) is 29.9. The van der Waals surface area contributed by atoms with E-state index in [1.807, 2.05) is 53.3 Å². The summed E-state index contributed by atoms with van der Waals surface area (Å²) < 4.78 is 3.98. The van der Waals surface area contributed by atoms with E-state index in [1.165, 1.54) is 16.7 Å². The predicted molar refractivity (Wildman–Crippen MR) is 185 cm³/mol. The normalized spacial score (nSPS) is 19.1. The van der Waals surface area contributed by atoms with Crippen molar-refractivity contribution < 1.29 is 19.0 Å². The number of fused-ring (bicyclic) bond motifs is 2. The molecule has 0 bridgehead atoms. The van der Waals surface area contributed by atoms with Gasteiger partial charge in [0.25, 0.3) is 5.91 Å². The maximum absolute atomic E-state index is 13.4. The Bertz CT molecular complexity index is 1600. The maximum Gasteiger partial charge on any atom is 0.263 e. The van der Waals surface area contributed by atoms with Gasteiger partial charge >= 0.3 is 0 Å². The number of aryl methyl sites for hydroxylation is 3. The van der Waals surface area contributed by atoms with Gasteiger partial charge in [-0.15, -0.1) is 0 Å². The number of rotatable bonds is 7. The van der Waals surface area contributed by atoms with E-state index < -0.39 is 0 Å². The van der Waals surface area contributed by atoms with Gasteiger partial charge in [-0.1, -0.05) is 32.7 Å². The number of halogens is 3. The second kappa shape index (κ2) is 14.9. The van der Waals surface area contributed by atoms with Gasteiger partial charge < -0.3 is 14.6 Å². The first-order valence-electron chi connectivity index (χ1n) is 16.0. The van der Waals surface area contributed by atoms with Gasteiger partial charge in [0, 0.05) is 76.4 Å². The molecule has 2 amide bonds. The number of hydrogen-bond donors (Lipinski definition) is 0. The predicted octanol–water partition coefficient (Wildman–Crippen LogP) is 6.23. The average Bonchev–Trinajstić information content (AvgIpc) is 3.21. The van der Waals surface area contributed by atoms with Crippen LogP contribution in [0.25, 0.3) is 0 Å². The first-order chi connectivity index (χ1) is 22.2. The molecule has 4 heterocycles. The Labute approximate surface area is 292 Å². The van der Waals surface area contributed by atoms with Crippen LogP contribution in [0.15, 0.2) is 63.0 Å². The Morgan fingerprint density at radius 1 is 1.00 bits per heavy atom. The smallest absolute Gasteiger partial charge is 0.263 e. The van der Waals surface area contributed by atoms with Crippen LogP contribution in [0.3, 0.4) is 0 Å². The van der Waals surface area contributed by atoms with E-state index in [0.29, 0.717) is 25.4 Å². The molecule has 2 fully saturated rings. The lowest BCUT2D eigenvalue weighted by Crippen LogP contribution is -2.43. The molecule has 3 aromatic rings. The van der Waals surface area contributed by atoms with Crippen LogP contribution in [0.4, 0.5) is 0 Å². The monoisotopic (exact) mass is 770 g/mol. The van der Waals surface area contributed by atoms with E-state index in [-0.39, 0.29) is 30.3 Å². The number of amides is 2. The number of piperidine rings is 2. The number of carbonyl (C=O) groups excluding carboxylic acids is 2. The molecule has 8 nitrogen and oxygen atoms in total. The molecule has 3 aliphatic rings. The molecule has 11 heteroatoms. The highest BCUT2D eigenvalue weighted by molar-refractivity contribution is 9.10. The fraction of sp³-hybridized carbons (Fsp3) is 0.457. The first-order valence-corrected chi connectivity index (χ1v) is 18.0. The Kier molecular flexibility index (Phi) is 10.8. The van der Waals surface area contributed by atoms with Crippen molar-refractivity contribution in [1.29, 1.82) is 0 Å². The quantitative estimate of drug-likeness (QED) is 0.162. The van der Waals surface area contributed by atoms with Gasteiger partial charge in [-0.2, -0.15) is 0 Å². The van der Waals surface area contributed by atoms with Crippen molar-refractivity contribution in [1.82, 2.24) is 14.8 Å². The summed E-state index contributed by atoms with van der Waals surface area (Å²) in [6.07, 6.45) is 13.3. The van der Waals surface area contributed by atoms with Crippen molar-refractivity contribution >= 4 is 61.5 Å². The number of likely N-dealkylation sites (tertiary alicyclic amines) is 2. The molecule has 0 unspecified atom stereocenters. The SMILES string of the molecule is C[n+]1ccc(/C=N\OCC(=O)N2CCC(CC(=O)N3CCC([C@H]4c5ncc(Br)cc5CCc5cc(Cl)cc(Br)c54)CC3)CC2)cc1. The van der Waals surface area contributed by atoms with E-state index in [0.717, 1.165) is 76.8 Å². The average molecular weight is 773 g/mol. The largest absolute Gasteiger partial charge is 0.386 e.